The van der Waals surface area contributed by atoms with Crippen molar-refractivity contribution in [2.45, 2.75) is 13.1 Å². The number of nitrogens with two attached hydrogens (primary N) is 1. The molecule has 1 aromatic carbocycles. The van der Waals surface area contributed by atoms with E-state index in [0.29, 0.717) is 6.61 Å². The molecular formula is C17H21N2O2+. The molecule has 0 saturated heterocycles. The number of pyridine rings is 1. The number of benzene rings is 1. The van der Waals surface area contributed by atoms with E-state index in [4.69, 9.17) is 9.47 Å². The average Bonchev–Trinajstić information content (AvgIpc) is 2.54. The third kappa shape index (κ3) is 4.61. The van der Waals surface area contributed by atoms with Crippen LogP contribution in [0.3, 0.4) is 0 Å². The lowest BCUT2D eigenvalue weighted by molar-refractivity contribution is -0.686. The topological polar surface area (TPSA) is 48.0 Å². The van der Waals surface area contributed by atoms with Gasteiger partial charge in [0.2, 0.25) is 0 Å². The Labute approximate surface area is 125 Å². The van der Waals surface area contributed by atoms with Crippen LogP contribution in [0.25, 0.3) is 0 Å². The number of aromatic nitrogens is 1. The van der Waals surface area contributed by atoms with Crippen LogP contribution in [0.4, 0.5) is 0 Å². The van der Waals surface area contributed by atoms with Gasteiger partial charge in [0.1, 0.15) is 19.7 Å². The van der Waals surface area contributed by atoms with E-state index in [1.165, 1.54) is 5.56 Å². The number of quaternary nitrogens is 1. The molecule has 4 heteroatoms. The minimum Gasteiger partial charge on any atom is -0.493 e. The van der Waals surface area contributed by atoms with Crippen molar-refractivity contribution in [1.29, 1.82) is 0 Å². The van der Waals surface area contributed by atoms with E-state index >= 15 is 0 Å². The molecule has 0 spiro atoms. The highest BCUT2D eigenvalue weighted by Gasteiger charge is 2.06. The molecule has 1 aromatic heterocycles. The molecule has 4 nitrogen and oxygen atoms in total. The first-order valence-corrected chi connectivity index (χ1v) is 6.95. The number of ether oxygens (including phenoxy) is 2. The lowest BCUT2D eigenvalue weighted by Gasteiger charge is -2.10. The molecule has 0 aliphatic carbocycles. The van der Waals surface area contributed by atoms with Gasteiger partial charge in [0.05, 0.1) is 12.8 Å². The SMILES string of the molecule is C=CCOc1ccc(C[NH2+]Cc2ccccn2)cc1OC. The highest BCUT2D eigenvalue weighted by Crippen LogP contribution is 2.27. The fourth-order valence-corrected chi connectivity index (χ4v) is 2.01. The molecule has 21 heavy (non-hydrogen) atoms. The third-order valence-electron chi connectivity index (χ3n) is 3.04. The summed E-state index contributed by atoms with van der Waals surface area (Å²) < 4.78 is 10.9. The molecule has 0 fully saturated rings. The second-order valence-electron chi connectivity index (χ2n) is 4.60. The fraction of sp³-hybridized carbons (Fsp3) is 0.235. The summed E-state index contributed by atoms with van der Waals surface area (Å²) in [6.45, 7) is 5.84. The van der Waals surface area contributed by atoms with E-state index < -0.39 is 0 Å². The summed E-state index contributed by atoms with van der Waals surface area (Å²) in [5.74, 6) is 1.49. The van der Waals surface area contributed by atoms with Crippen molar-refractivity contribution in [3.05, 3.63) is 66.5 Å². The average molecular weight is 285 g/mol. The molecule has 0 aliphatic rings. The maximum Gasteiger partial charge on any atom is 0.161 e. The molecule has 0 radical (unpaired) electrons. The largest absolute Gasteiger partial charge is 0.493 e. The van der Waals surface area contributed by atoms with Crippen molar-refractivity contribution in [1.82, 2.24) is 4.98 Å². The Bertz CT molecular complexity index is 570. The van der Waals surface area contributed by atoms with Gasteiger partial charge < -0.3 is 14.8 Å². The van der Waals surface area contributed by atoms with E-state index in [9.17, 15) is 0 Å². The van der Waals surface area contributed by atoms with Gasteiger partial charge in [0, 0.05) is 11.8 Å². The molecule has 110 valence electrons. The lowest BCUT2D eigenvalue weighted by Crippen LogP contribution is -2.80. The fourth-order valence-electron chi connectivity index (χ4n) is 2.01. The number of methoxy groups -OCH3 is 1. The predicted octanol–water partition coefficient (Wildman–Crippen LogP) is 1.92. The smallest absolute Gasteiger partial charge is 0.161 e. The zero-order valence-electron chi connectivity index (χ0n) is 12.3. The Hall–Kier alpha value is -2.33. The van der Waals surface area contributed by atoms with E-state index in [1.807, 2.05) is 36.5 Å². The molecule has 0 unspecified atom stereocenters. The van der Waals surface area contributed by atoms with Crippen LogP contribution >= 0.6 is 0 Å². The van der Waals surface area contributed by atoms with Crippen LogP contribution in [0.5, 0.6) is 11.5 Å². The zero-order valence-corrected chi connectivity index (χ0v) is 12.3. The zero-order chi connectivity index (χ0) is 14.9. The van der Waals surface area contributed by atoms with E-state index in [1.54, 1.807) is 13.2 Å². The van der Waals surface area contributed by atoms with Crippen LogP contribution in [0, 0.1) is 0 Å². The summed E-state index contributed by atoms with van der Waals surface area (Å²) in [4.78, 5) is 4.31. The van der Waals surface area contributed by atoms with Gasteiger partial charge in [-0.25, -0.2) is 0 Å². The summed E-state index contributed by atoms with van der Waals surface area (Å²) in [5.41, 5.74) is 2.27. The molecule has 2 aromatic rings. The normalized spacial score (nSPS) is 10.1. The minimum absolute atomic E-state index is 0.474. The monoisotopic (exact) mass is 285 g/mol. The van der Waals surface area contributed by atoms with Crippen LogP contribution in [-0.4, -0.2) is 18.7 Å². The van der Waals surface area contributed by atoms with Gasteiger partial charge in [-0.3, -0.25) is 4.98 Å². The predicted molar refractivity (Wildman–Crippen MR) is 82.3 cm³/mol. The van der Waals surface area contributed by atoms with Crippen molar-refractivity contribution in [3.8, 4) is 11.5 Å². The van der Waals surface area contributed by atoms with Crippen molar-refractivity contribution in [3.63, 3.8) is 0 Å². The van der Waals surface area contributed by atoms with Crippen LogP contribution in [0.15, 0.2) is 55.3 Å². The number of hydrogen-bond donors (Lipinski definition) is 1. The highest BCUT2D eigenvalue weighted by molar-refractivity contribution is 5.42. The van der Waals surface area contributed by atoms with Crippen LogP contribution in [0.1, 0.15) is 11.3 Å². The maximum atomic E-state index is 5.54. The second-order valence-corrected chi connectivity index (χ2v) is 4.60. The van der Waals surface area contributed by atoms with Crippen LogP contribution in [0.2, 0.25) is 0 Å². The molecule has 0 atom stereocenters. The van der Waals surface area contributed by atoms with Crippen molar-refractivity contribution >= 4 is 0 Å². The first-order valence-electron chi connectivity index (χ1n) is 6.95. The van der Waals surface area contributed by atoms with Crippen LogP contribution in [-0.2, 0) is 13.1 Å². The number of hydrogen-bond acceptors (Lipinski definition) is 3. The molecule has 0 aliphatic heterocycles. The molecule has 2 rings (SSSR count). The van der Waals surface area contributed by atoms with Gasteiger partial charge in [-0.2, -0.15) is 0 Å². The van der Waals surface area contributed by atoms with Crippen molar-refractivity contribution in [2.75, 3.05) is 13.7 Å². The van der Waals surface area contributed by atoms with E-state index in [2.05, 4.69) is 22.9 Å². The molecule has 2 N–H and O–H groups in total. The molecule has 0 saturated carbocycles. The van der Waals surface area contributed by atoms with Crippen molar-refractivity contribution < 1.29 is 14.8 Å². The molecular weight excluding hydrogens is 264 g/mol. The summed E-state index contributed by atoms with van der Waals surface area (Å²) in [5, 5.41) is 2.21. The Morgan fingerprint density at radius 3 is 2.81 bits per heavy atom. The van der Waals surface area contributed by atoms with Crippen molar-refractivity contribution in [2.24, 2.45) is 0 Å². The highest BCUT2D eigenvalue weighted by atomic mass is 16.5. The Morgan fingerprint density at radius 1 is 1.19 bits per heavy atom. The van der Waals surface area contributed by atoms with Gasteiger partial charge in [0.15, 0.2) is 11.5 Å². The summed E-state index contributed by atoms with van der Waals surface area (Å²) in [6.07, 6.45) is 3.53. The summed E-state index contributed by atoms with van der Waals surface area (Å²) in [7, 11) is 1.65. The van der Waals surface area contributed by atoms with Gasteiger partial charge in [-0.15, -0.1) is 0 Å². The first kappa shape index (κ1) is 15.1. The first-order chi connectivity index (χ1) is 10.3. The molecule has 0 bridgehead atoms. The Morgan fingerprint density at radius 2 is 2.10 bits per heavy atom. The van der Waals surface area contributed by atoms with Gasteiger partial charge in [-0.05, 0) is 30.3 Å². The quantitative estimate of drug-likeness (QED) is 0.754. The maximum absolute atomic E-state index is 5.54. The van der Waals surface area contributed by atoms with Gasteiger partial charge >= 0.3 is 0 Å². The lowest BCUT2D eigenvalue weighted by atomic mass is 10.2. The second kappa shape index (κ2) is 8.07. The summed E-state index contributed by atoms with van der Waals surface area (Å²) >= 11 is 0. The van der Waals surface area contributed by atoms with E-state index in [0.717, 1.165) is 30.3 Å². The summed E-state index contributed by atoms with van der Waals surface area (Å²) in [6, 6.07) is 12.0. The standard InChI is InChI=1S/C17H20N2O2/c1-3-10-21-16-8-7-14(11-17(16)20-2)12-18-13-15-6-4-5-9-19-15/h3-9,11,18H,1,10,12-13H2,2H3/p+1. The minimum atomic E-state index is 0.474. The number of nitrogens with zero attached hydrogens (tertiary/aromatic N) is 1. The van der Waals surface area contributed by atoms with Crippen LogP contribution < -0.4 is 14.8 Å². The Balaban J connectivity index is 1.92. The van der Waals surface area contributed by atoms with Gasteiger partial charge in [0.25, 0.3) is 0 Å². The number of rotatable bonds is 8. The van der Waals surface area contributed by atoms with E-state index in [-0.39, 0.29) is 0 Å². The Kier molecular flexibility index (Phi) is 5.79. The third-order valence-corrected chi connectivity index (χ3v) is 3.04. The molecule has 1 heterocycles. The van der Waals surface area contributed by atoms with Gasteiger partial charge in [-0.1, -0.05) is 18.7 Å². The molecule has 0 amide bonds.